The van der Waals surface area contributed by atoms with Crippen LogP contribution in [-0.4, -0.2) is 11.9 Å². The summed E-state index contributed by atoms with van der Waals surface area (Å²) in [6.45, 7) is 0. The number of amides is 1. The van der Waals surface area contributed by atoms with Gasteiger partial charge >= 0.3 is 5.97 Å². The second-order valence-electron chi connectivity index (χ2n) is 4.84. The highest BCUT2D eigenvalue weighted by Gasteiger charge is 2.19. The average Bonchev–Trinajstić information content (AvgIpc) is 2.91. The molecule has 0 aliphatic rings. The van der Waals surface area contributed by atoms with Crippen LogP contribution in [0.15, 0.2) is 36.4 Å². The highest BCUT2D eigenvalue weighted by molar-refractivity contribution is 7.21. The zero-order valence-electron chi connectivity index (χ0n) is 12.1. The van der Waals surface area contributed by atoms with Gasteiger partial charge in [0, 0.05) is 10.1 Å². The molecule has 0 fully saturated rings. The van der Waals surface area contributed by atoms with E-state index in [4.69, 9.17) is 39.6 Å². The van der Waals surface area contributed by atoms with Crippen molar-refractivity contribution in [2.45, 2.75) is 0 Å². The molecular weight excluding hydrogens is 412 g/mol. The predicted octanol–water partition coefficient (Wildman–Crippen LogP) is 5.50. The Hall–Kier alpha value is -1.86. The maximum absolute atomic E-state index is 13.3. The van der Waals surface area contributed by atoms with Crippen LogP contribution in [0, 0.1) is 5.82 Å². The number of hydrogen-bond acceptors (Lipinski definition) is 4. The van der Waals surface area contributed by atoms with Crippen LogP contribution >= 0.6 is 46.1 Å². The van der Waals surface area contributed by atoms with Crippen molar-refractivity contribution in [3.8, 4) is 0 Å². The number of fused-ring (bicyclic) bond motifs is 1. The highest BCUT2D eigenvalue weighted by atomic mass is 35.5. The third-order valence-electron chi connectivity index (χ3n) is 3.19. The molecule has 25 heavy (non-hydrogen) atoms. The number of halogens is 4. The van der Waals surface area contributed by atoms with Crippen LogP contribution in [0.4, 0.5) is 4.39 Å². The van der Waals surface area contributed by atoms with E-state index >= 15 is 0 Å². The molecule has 9 heteroatoms. The highest BCUT2D eigenvalue weighted by Crippen LogP contribution is 2.35. The van der Waals surface area contributed by atoms with Crippen molar-refractivity contribution in [3.05, 3.63) is 67.7 Å². The van der Waals surface area contributed by atoms with Crippen molar-refractivity contribution in [2.75, 3.05) is 0 Å². The summed E-state index contributed by atoms with van der Waals surface area (Å²) in [5, 5.41) is 1.15. The Morgan fingerprint density at radius 2 is 1.80 bits per heavy atom. The lowest BCUT2D eigenvalue weighted by Gasteiger charge is -2.05. The first-order chi connectivity index (χ1) is 11.9. The number of hydroxylamine groups is 1. The van der Waals surface area contributed by atoms with Crippen LogP contribution < -0.4 is 5.48 Å². The molecule has 3 rings (SSSR count). The zero-order valence-corrected chi connectivity index (χ0v) is 15.2. The number of carbonyl (C=O) groups excluding carboxylic acids is 2. The average molecular weight is 419 g/mol. The van der Waals surface area contributed by atoms with Crippen LogP contribution in [-0.2, 0) is 4.84 Å². The Morgan fingerprint density at radius 1 is 1.04 bits per heavy atom. The van der Waals surface area contributed by atoms with Crippen molar-refractivity contribution in [1.29, 1.82) is 0 Å². The summed E-state index contributed by atoms with van der Waals surface area (Å²) in [6, 6.07) is 8.13. The number of nitrogens with one attached hydrogen (secondary N) is 1. The van der Waals surface area contributed by atoms with Crippen molar-refractivity contribution in [2.24, 2.45) is 0 Å². The third-order valence-corrected chi connectivity index (χ3v) is 5.58. The molecule has 1 N–H and O–H groups in total. The molecule has 0 aliphatic carbocycles. The lowest BCUT2D eigenvalue weighted by molar-refractivity contribution is 0.0232. The van der Waals surface area contributed by atoms with Crippen LogP contribution in [0.2, 0.25) is 15.1 Å². The van der Waals surface area contributed by atoms with Gasteiger partial charge in [-0.2, -0.15) is 5.48 Å². The van der Waals surface area contributed by atoms with E-state index in [-0.39, 0.29) is 25.5 Å². The van der Waals surface area contributed by atoms with Crippen molar-refractivity contribution < 1.29 is 18.8 Å². The summed E-state index contributed by atoms with van der Waals surface area (Å²) < 4.78 is 13.8. The largest absolute Gasteiger partial charge is 0.363 e. The molecule has 0 saturated carbocycles. The Bertz CT molecular complexity index is 1010. The van der Waals surface area contributed by atoms with Gasteiger partial charge in [-0.05, 0) is 36.4 Å². The van der Waals surface area contributed by atoms with E-state index in [1.54, 1.807) is 0 Å². The smallest absolute Gasteiger partial charge is 0.335 e. The summed E-state index contributed by atoms with van der Waals surface area (Å²) in [7, 11) is 0. The quantitative estimate of drug-likeness (QED) is 0.559. The molecule has 0 radical (unpaired) electrons. The Labute approximate surface area is 160 Å². The maximum atomic E-state index is 13.3. The molecule has 128 valence electrons. The first-order valence-corrected chi connectivity index (χ1v) is 8.66. The number of rotatable bonds is 2. The van der Waals surface area contributed by atoms with Gasteiger partial charge in [-0.1, -0.05) is 34.8 Å². The fourth-order valence-electron chi connectivity index (χ4n) is 2.01. The van der Waals surface area contributed by atoms with E-state index < -0.39 is 17.7 Å². The van der Waals surface area contributed by atoms with Crippen LogP contribution in [0.1, 0.15) is 20.0 Å². The first kappa shape index (κ1) is 17.9. The van der Waals surface area contributed by atoms with Crippen LogP contribution in [0.25, 0.3) is 10.1 Å². The molecule has 4 nitrogen and oxygen atoms in total. The van der Waals surface area contributed by atoms with Gasteiger partial charge in [-0.3, -0.25) is 4.79 Å². The second-order valence-corrected chi connectivity index (χ2v) is 7.08. The summed E-state index contributed by atoms with van der Waals surface area (Å²) in [5.41, 5.74) is 2.13. The van der Waals surface area contributed by atoms with E-state index in [1.807, 2.05) is 5.48 Å². The molecule has 1 heterocycles. The summed E-state index contributed by atoms with van der Waals surface area (Å²) in [4.78, 5) is 29.0. The summed E-state index contributed by atoms with van der Waals surface area (Å²) in [6.07, 6.45) is 0. The zero-order chi connectivity index (χ0) is 18.1. The van der Waals surface area contributed by atoms with Crippen molar-refractivity contribution >= 4 is 68.1 Å². The SMILES string of the molecule is O=C(ONC(=O)c1sc2cc(F)ccc2c1Cl)c1ccc(Cl)c(Cl)c1. The lowest BCUT2D eigenvalue weighted by atomic mass is 10.2. The van der Waals surface area contributed by atoms with Gasteiger partial charge in [0.1, 0.15) is 10.7 Å². The molecular formula is C16H7Cl3FNO3S. The van der Waals surface area contributed by atoms with Gasteiger partial charge in [0.05, 0.1) is 20.6 Å². The van der Waals surface area contributed by atoms with Crippen molar-refractivity contribution in [3.63, 3.8) is 0 Å². The number of carbonyl (C=O) groups is 2. The minimum atomic E-state index is -0.824. The standard InChI is InChI=1S/C16H7Cl3FNO3S/c17-10-4-1-7(5-11(10)18)16(23)24-21-15(22)14-13(19)9-3-2-8(20)6-12(9)25-14/h1-6H,(H,21,22). The van der Waals surface area contributed by atoms with Gasteiger partial charge in [-0.15, -0.1) is 11.3 Å². The topological polar surface area (TPSA) is 55.4 Å². The van der Waals surface area contributed by atoms with Crippen LogP contribution in [0.3, 0.4) is 0 Å². The van der Waals surface area contributed by atoms with Gasteiger partial charge in [0.15, 0.2) is 0 Å². The predicted molar refractivity (Wildman–Crippen MR) is 96.1 cm³/mol. The second kappa shape index (κ2) is 7.17. The molecule has 0 aliphatic heterocycles. The van der Waals surface area contributed by atoms with E-state index in [2.05, 4.69) is 0 Å². The van der Waals surface area contributed by atoms with Gasteiger partial charge in [0.2, 0.25) is 0 Å². The van der Waals surface area contributed by atoms with Crippen molar-refractivity contribution in [1.82, 2.24) is 5.48 Å². The molecule has 1 amide bonds. The molecule has 2 aromatic carbocycles. The van der Waals surface area contributed by atoms with E-state index in [9.17, 15) is 14.0 Å². The van der Waals surface area contributed by atoms with Gasteiger partial charge in [-0.25, -0.2) is 9.18 Å². The molecule has 3 aromatic rings. The molecule has 0 bridgehead atoms. The Morgan fingerprint density at radius 3 is 2.52 bits per heavy atom. The fraction of sp³-hybridized carbons (Fsp3) is 0. The maximum Gasteiger partial charge on any atom is 0.363 e. The monoisotopic (exact) mass is 417 g/mol. The van der Waals surface area contributed by atoms with E-state index in [1.165, 1.54) is 36.4 Å². The third kappa shape index (κ3) is 3.72. The summed E-state index contributed by atoms with van der Waals surface area (Å²) >= 11 is 18.7. The fourth-order valence-corrected chi connectivity index (χ4v) is 3.73. The van der Waals surface area contributed by atoms with Crippen LogP contribution in [0.5, 0.6) is 0 Å². The number of benzene rings is 2. The molecule has 0 unspecified atom stereocenters. The molecule has 0 saturated heterocycles. The molecule has 0 atom stereocenters. The Kier molecular flexibility index (Phi) is 5.15. The van der Waals surface area contributed by atoms with Gasteiger partial charge in [0.25, 0.3) is 5.91 Å². The minimum absolute atomic E-state index is 0.101. The van der Waals surface area contributed by atoms with E-state index in [0.29, 0.717) is 10.1 Å². The summed E-state index contributed by atoms with van der Waals surface area (Å²) in [5.74, 6) is -1.99. The lowest BCUT2D eigenvalue weighted by Crippen LogP contribution is -2.26. The number of thiophene rings is 1. The Balaban J connectivity index is 1.75. The number of hydrogen-bond donors (Lipinski definition) is 1. The normalized spacial score (nSPS) is 10.7. The molecule has 1 aromatic heterocycles. The first-order valence-electron chi connectivity index (χ1n) is 6.71. The van der Waals surface area contributed by atoms with Gasteiger partial charge < -0.3 is 4.84 Å². The molecule has 0 spiro atoms. The van der Waals surface area contributed by atoms with E-state index in [0.717, 1.165) is 11.3 Å². The minimum Gasteiger partial charge on any atom is -0.335 e.